The van der Waals surface area contributed by atoms with E-state index < -0.39 is 30.1 Å². The molecule has 7 nitrogen and oxygen atoms in total. The molecular weight excluding hydrogens is 340 g/mol. The summed E-state index contributed by atoms with van der Waals surface area (Å²) in [6.45, 7) is 1.37. The minimum absolute atomic E-state index is 0.0675. The van der Waals surface area contributed by atoms with Crippen molar-refractivity contribution in [2.75, 3.05) is 13.7 Å². The molecule has 1 aliphatic rings. The number of ether oxygens (including phenoxy) is 2. The largest absolute Gasteiger partial charge is 0.497 e. The van der Waals surface area contributed by atoms with Gasteiger partial charge < -0.3 is 19.7 Å². The van der Waals surface area contributed by atoms with Crippen LogP contribution < -0.4 is 4.74 Å². The molecule has 0 amide bonds. The van der Waals surface area contributed by atoms with Gasteiger partial charge in [-0.15, -0.1) is 0 Å². The Morgan fingerprint density at radius 2 is 2.00 bits per heavy atom. The summed E-state index contributed by atoms with van der Waals surface area (Å²) in [5, 5.41) is 20.0. The summed E-state index contributed by atoms with van der Waals surface area (Å²) in [6.07, 6.45) is 0.862. The summed E-state index contributed by atoms with van der Waals surface area (Å²) in [5.74, 6) is 0.116. The van der Waals surface area contributed by atoms with E-state index in [2.05, 4.69) is 0 Å². The van der Waals surface area contributed by atoms with Gasteiger partial charge >= 0.3 is 11.8 Å². The van der Waals surface area contributed by atoms with E-state index in [1.807, 2.05) is 0 Å². The third kappa shape index (κ3) is 5.50. The van der Waals surface area contributed by atoms with Gasteiger partial charge in [-0.1, -0.05) is 0 Å². The van der Waals surface area contributed by atoms with Crippen molar-refractivity contribution >= 4 is 17.5 Å². The van der Waals surface area contributed by atoms with E-state index in [1.54, 1.807) is 36.4 Å². The monoisotopic (exact) mass is 363 g/mol. The summed E-state index contributed by atoms with van der Waals surface area (Å²) in [6, 6.07) is 6.47. The third-order valence-corrected chi connectivity index (χ3v) is 3.91. The van der Waals surface area contributed by atoms with Gasteiger partial charge in [-0.2, -0.15) is 0 Å². The summed E-state index contributed by atoms with van der Waals surface area (Å²) in [4.78, 5) is 23.1. The number of esters is 1. The van der Waals surface area contributed by atoms with Crippen molar-refractivity contribution < 1.29 is 33.7 Å². The summed E-state index contributed by atoms with van der Waals surface area (Å²) < 4.78 is 15.5. The Labute approximate surface area is 151 Å². The standard InChI is InChI=1S/C19H23O7/c1-12(20)26-15-7-8-18(17(22)11-15)25-10-9-16(21)19(23)13-3-5-14(24-2)6-4-13/h3-8,15-17,21-22H,9-11H2,1-2H3/q+1/t15?,16-,17+/m1/s1. The first-order chi connectivity index (χ1) is 12.4. The minimum atomic E-state index is -1.21. The van der Waals surface area contributed by atoms with Crippen LogP contribution in [-0.2, 0) is 14.0 Å². The highest BCUT2D eigenvalue weighted by atomic mass is 16.5. The van der Waals surface area contributed by atoms with Crippen LogP contribution in [0.5, 0.6) is 5.75 Å². The quantitative estimate of drug-likeness (QED) is 0.425. The first kappa shape index (κ1) is 19.8. The number of carbonyl (C=O) groups is 2. The predicted octanol–water partition coefficient (Wildman–Crippen LogP) is 0.986. The molecular formula is C19H23O7+. The highest BCUT2D eigenvalue weighted by Gasteiger charge is 2.30. The molecule has 1 aliphatic carbocycles. The molecule has 0 aliphatic heterocycles. The number of rotatable bonds is 7. The molecule has 0 aromatic heterocycles. The Bertz CT molecular complexity index is 690. The average Bonchev–Trinajstić information content (AvgIpc) is 2.62. The molecule has 0 saturated carbocycles. The van der Waals surface area contributed by atoms with Crippen LogP contribution in [0.1, 0.15) is 30.1 Å². The van der Waals surface area contributed by atoms with Crippen LogP contribution in [0.25, 0.3) is 0 Å². The number of hydrogen-bond acceptors (Lipinski definition) is 6. The van der Waals surface area contributed by atoms with Crippen molar-refractivity contribution in [1.82, 2.24) is 0 Å². The highest BCUT2D eigenvalue weighted by Crippen LogP contribution is 2.15. The second kappa shape index (κ2) is 9.26. The molecule has 0 bridgehead atoms. The number of ketones is 2. The Hall–Kier alpha value is -2.51. The number of hydrogen-bond donors (Lipinski definition) is 2. The zero-order valence-electron chi connectivity index (χ0n) is 14.8. The molecule has 0 heterocycles. The van der Waals surface area contributed by atoms with Gasteiger partial charge in [0.25, 0.3) is 6.61 Å². The number of Topliss-reactive ketones (excluding diaryl/α,β-unsaturated/α-hetero) is 1. The van der Waals surface area contributed by atoms with Crippen LogP contribution in [0.15, 0.2) is 36.4 Å². The van der Waals surface area contributed by atoms with Gasteiger partial charge in [-0.25, -0.2) is 0 Å². The van der Waals surface area contributed by atoms with Gasteiger partial charge in [0.2, 0.25) is 0 Å². The zero-order chi connectivity index (χ0) is 19.1. The number of aliphatic hydroxyl groups excluding tert-OH is 2. The van der Waals surface area contributed by atoms with Gasteiger partial charge in [-0.3, -0.25) is 14.0 Å². The van der Waals surface area contributed by atoms with Crippen LogP contribution in [0.4, 0.5) is 0 Å². The Balaban J connectivity index is 1.88. The molecule has 7 heteroatoms. The highest BCUT2D eigenvalue weighted by molar-refractivity contribution is 5.99. The molecule has 3 atom stereocenters. The van der Waals surface area contributed by atoms with Crippen LogP contribution in [-0.4, -0.2) is 59.8 Å². The Kier molecular flexibility index (Phi) is 7.06. The summed E-state index contributed by atoms with van der Waals surface area (Å²) in [5.41, 5.74) is 0.382. The van der Waals surface area contributed by atoms with E-state index in [9.17, 15) is 19.8 Å². The van der Waals surface area contributed by atoms with Gasteiger partial charge in [0.1, 0.15) is 18.0 Å². The fraction of sp³-hybridized carbons (Fsp3) is 0.421. The van der Waals surface area contributed by atoms with E-state index >= 15 is 0 Å². The van der Waals surface area contributed by atoms with Crippen molar-refractivity contribution in [3.63, 3.8) is 0 Å². The lowest BCUT2D eigenvalue weighted by Gasteiger charge is -2.17. The smallest absolute Gasteiger partial charge is 0.347 e. The van der Waals surface area contributed by atoms with Crippen LogP contribution in [0, 0.1) is 0 Å². The van der Waals surface area contributed by atoms with Gasteiger partial charge in [0.05, 0.1) is 13.5 Å². The van der Waals surface area contributed by atoms with Gasteiger partial charge in [0, 0.05) is 25.0 Å². The molecule has 1 aromatic carbocycles. The lowest BCUT2D eigenvalue weighted by molar-refractivity contribution is -0.461. The van der Waals surface area contributed by atoms with Gasteiger partial charge in [-0.05, 0) is 30.3 Å². The molecule has 2 rings (SSSR count). The molecule has 1 aromatic rings. The zero-order valence-corrected chi connectivity index (χ0v) is 14.8. The lowest BCUT2D eigenvalue weighted by Crippen LogP contribution is -2.32. The van der Waals surface area contributed by atoms with Crippen molar-refractivity contribution in [3.8, 4) is 5.75 Å². The molecule has 26 heavy (non-hydrogen) atoms. The van der Waals surface area contributed by atoms with Crippen molar-refractivity contribution in [1.29, 1.82) is 0 Å². The third-order valence-electron chi connectivity index (χ3n) is 3.91. The van der Waals surface area contributed by atoms with E-state index in [-0.39, 0.29) is 19.4 Å². The maximum Gasteiger partial charge on any atom is 0.347 e. The van der Waals surface area contributed by atoms with Crippen molar-refractivity contribution in [2.24, 2.45) is 0 Å². The molecule has 0 fully saturated rings. The minimum Gasteiger partial charge on any atom is -0.497 e. The first-order valence-corrected chi connectivity index (χ1v) is 8.30. The normalized spacial score (nSPS) is 22.1. The number of aliphatic hydroxyl groups is 2. The average molecular weight is 363 g/mol. The fourth-order valence-electron chi connectivity index (χ4n) is 2.54. The fourth-order valence-corrected chi connectivity index (χ4v) is 2.54. The van der Waals surface area contributed by atoms with E-state index in [0.717, 1.165) is 0 Å². The maximum absolute atomic E-state index is 12.2. The van der Waals surface area contributed by atoms with Gasteiger partial charge in [0.15, 0.2) is 11.9 Å². The number of carbonyl (C=O) groups excluding carboxylic acids is 3. The molecule has 0 radical (unpaired) electrons. The number of benzene rings is 1. The topological polar surface area (TPSA) is 104 Å². The van der Waals surface area contributed by atoms with Crippen molar-refractivity contribution in [2.45, 2.75) is 38.1 Å². The Morgan fingerprint density at radius 3 is 2.58 bits per heavy atom. The van der Waals surface area contributed by atoms with E-state index in [4.69, 9.17) is 13.9 Å². The number of methoxy groups -OCH3 is 1. The molecule has 1 unspecified atom stereocenters. The predicted molar refractivity (Wildman–Crippen MR) is 93.1 cm³/mol. The second-order valence-corrected chi connectivity index (χ2v) is 5.91. The molecule has 0 saturated heterocycles. The van der Waals surface area contributed by atoms with E-state index in [0.29, 0.717) is 17.1 Å². The summed E-state index contributed by atoms with van der Waals surface area (Å²) in [7, 11) is 1.53. The Morgan fingerprint density at radius 1 is 1.31 bits per heavy atom. The van der Waals surface area contributed by atoms with E-state index in [1.165, 1.54) is 14.0 Å². The van der Waals surface area contributed by atoms with Crippen LogP contribution in [0.3, 0.4) is 0 Å². The first-order valence-electron chi connectivity index (χ1n) is 8.30. The maximum atomic E-state index is 12.2. The second-order valence-electron chi connectivity index (χ2n) is 5.91. The van der Waals surface area contributed by atoms with Crippen molar-refractivity contribution in [3.05, 3.63) is 42.0 Å². The SMILES string of the molecule is COc1ccc(C(=O)[C@H](O)CC[O+]=C2C=CC(OC(C)=O)C[C@@H]2O)cc1. The molecule has 140 valence electrons. The summed E-state index contributed by atoms with van der Waals surface area (Å²) >= 11 is 0. The molecule has 2 N–H and O–H groups in total. The lowest BCUT2D eigenvalue weighted by atomic mass is 10.0. The van der Waals surface area contributed by atoms with Crippen LogP contribution >= 0.6 is 0 Å². The van der Waals surface area contributed by atoms with Crippen LogP contribution in [0.2, 0.25) is 0 Å². The molecule has 0 spiro atoms.